The van der Waals surface area contributed by atoms with Gasteiger partial charge in [0.15, 0.2) is 5.82 Å². The fourth-order valence-corrected chi connectivity index (χ4v) is 8.15. The SMILES string of the molecule is O=C(/C=C/CN1CC2CCC(C1)O2)NCCNc1nc(OC[C@@]23CCCN2C[C@H](F)C3)nc2c(F)c(-c3cccc4cccc(F)c34)ncc12. The maximum Gasteiger partial charge on any atom is 0.319 e. The number of amides is 1. The van der Waals surface area contributed by atoms with Crippen molar-refractivity contribution in [2.45, 2.75) is 56.0 Å². The number of aromatic nitrogens is 3. The first-order chi connectivity index (χ1) is 24.3. The number of hydrogen-bond acceptors (Lipinski definition) is 9. The maximum absolute atomic E-state index is 16.5. The number of benzene rings is 2. The molecule has 2 unspecified atom stereocenters. The first-order valence-corrected chi connectivity index (χ1v) is 17.5. The van der Waals surface area contributed by atoms with E-state index in [4.69, 9.17) is 9.47 Å². The average molecular weight is 688 g/mol. The second-order valence-electron chi connectivity index (χ2n) is 13.8. The van der Waals surface area contributed by atoms with Crippen LogP contribution in [0.3, 0.4) is 0 Å². The van der Waals surface area contributed by atoms with E-state index in [0.717, 1.165) is 45.3 Å². The topological polar surface area (TPSA) is 105 Å². The highest BCUT2D eigenvalue weighted by Gasteiger charge is 2.49. The Kier molecular flexibility index (Phi) is 9.04. The molecule has 13 heteroatoms. The molecule has 0 aliphatic carbocycles. The smallest absolute Gasteiger partial charge is 0.319 e. The van der Waals surface area contributed by atoms with Crippen molar-refractivity contribution in [3.63, 3.8) is 0 Å². The molecule has 4 saturated heterocycles. The van der Waals surface area contributed by atoms with Crippen molar-refractivity contribution in [2.75, 3.05) is 57.7 Å². The van der Waals surface area contributed by atoms with E-state index in [1.165, 1.54) is 18.3 Å². The van der Waals surface area contributed by atoms with E-state index < -0.39 is 23.3 Å². The lowest BCUT2D eigenvalue weighted by atomic mass is 9.95. The summed E-state index contributed by atoms with van der Waals surface area (Å²) in [5.74, 6) is -1.18. The van der Waals surface area contributed by atoms with Gasteiger partial charge in [0, 0.05) is 68.9 Å². The molecule has 0 saturated carbocycles. The summed E-state index contributed by atoms with van der Waals surface area (Å²) in [6.07, 6.45) is 8.82. The summed E-state index contributed by atoms with van der Waals surface area (Å²) in [6.45, 7) is 4.34. The predicted octanol–water partition coefficient (Wildman–Crippen LogP) is 5.03. The fraction of sp³-hybridized carbons (Fsp3) is 0.459. The number of likely N-dealkylation sites (tertiary alicyclic amines) is 1. The van der Waals surface area contributed by atoms with Gasteiger partial charge in [0.25, 0.3) is 0 Å². The molecule has 4 atom stereocenters. The number of anilines is 1. The lowest BCUT2D eigenvalue weighted by Gasteiger charge is -2.31. The van der Waals surface area contributed by atoms with E-state index in [9.17, 15) is 9.18 Å². The van der Waals surface area contributed by atoms with Gasteiger partial charge >= 0.3 is 6.01 Å². The molecular weight excluding hydrogens is 647 g/mol. The van der Waals surface area contributed by atoms with E-state index in [0.29, 0.717) is 48.1 Å². The van der Waals surface area contributed by atoms with Gasteiger partial charge in [0.05, 0.1) is 23.1 Å². The van der Waals surface area contributed by atoms with Gasteiger partial charge in [-0.25, -0.2) is 13.2 Å². The molecule has 2 aromatic carbocycles. The fourth-order valence-electron chi connectivity index (χ4n) is 8.15. The van der Waals surface area contributed by atoms with Crippen LogP contribution in [0, 0.1) is 11.6 Å². The molecule has 8 rings (SSSR count). The molecule has 6 heterocycles. The van der Waals surface area contributed by atoms with E-state index >= 15 is 8.78 Å². The molecule has 50 heavy (non-hydrogen) atoms. The van der Waals surface area contributed by atoms with Gasteiger partial charge in [-0.3, -0.25) is 19.6 Å². The summed E-state index contributed by atoms with van der Waals surface area (Å²) in [6, 6.07) is 9.75. The Morgan fingerprint density at radius 2 is 1.90 bits per heavy atom. The zero-order valence-corrected chi connectivity index (χ0v) is 27.7. The molecule has 4 aliphatic rings. The zero-order valence-electron chi connectivity index (χ0n) is 27.7. The Hall–Kier alpha value is -4.33. The number of carbonyl (C=O) groups excluding carboxylic acids is 1. The summed E-state index contributed by atoms with van der Waals surface area (Å²) in [7, 11) is 0. The first-order valence-electron chi connectivity index (χ1n) is 17.5. The number of alkyl halides is 1. The Labute approximate surface area is 288 Å². The number of morpholine rings is 1. The third kappa shape index (κ3) is 6.49. The summed E-state index contributed by atoms with van der Waals surface area (Å²) >= 11 is 0. The van der Waals surface area contributed by atoms with Crippen LogP contribution >= 0.6 is 0 Å². The molecule has 4 aromatic rings. The second kappa shape index (κ2) is 13.8. The monoisotopic (exact) mass is 687 g/mol. The summed E-state index contributed by atoms with van der Waals surface area (Å²) < 4.78 is 58.0. The number of rotatable bonds is 11. The van der Waals surface area contributed by atoms with Crippen LogP contribution in [0.1, 0.15) is 32.1 Å². The van der Waals surface area contributed by atoms with Crippen molar-refractivity contribution in [3.05, 3.63) is 66.4 Å². The number of nitrogens with zero attached hydrogens (tertiary/aromatic N) is 5. The Balaban J connectivity index is 1.01. The summed E-state index contributed by atoms with van der Waals surface area (Å²) in [4.78, 5) is 30.4. The maximum atomic E-state index is 16.5. The van der Waals surface area contributed by atoms with Gasteiger partial charge in [-0.1, -0.05) is 36.4 Å². The van der Waals surface area contributed by atoms with Gasteiger partial charge < -0.3 is 20.1 Å². The largest absolute Gasteiger partial charge is 0.461 e. The quantitative estimate of drug-likeness (QED) is 0.166. The van der Waals surface area contributed by atoms with Crippen molar-refractivity contribution in [1.29, 1.82) is 0 Å². The molecule has 10 nitrogen and oxygen atoms in total. The molecule has 4 aliphatic heterocycles. The van der Waals surface area contributed by atoms with Gasteiger partial charge in [-0.15, -0.1) is 0 Å². The van der Waals surface area contributed by atoms with E-state index in [1.54, 1.807) is 30.3 Å². The third-order valence-electron chi connectivity index (χ3n) is 10.5. The van der Waals surface area contributed by atoms with E-state index in [1.807, 2.05) is 6.08 Å². The highest BCUT2D eigenvalue weighted by Crippen LogP contribution is 2.41. The standard InChI is InChI=1S/C37H40F3N7O3/c38-24-17-37(12-4-16-47(37)19-24)22-49-36-44-34-28(18-43-33(32(34)40)27-7-1-5-23-6-2-8-29(39)31(23)27)35(45-36)42-14-13-41-30(48)9-3-15-46-20-25-10-11-26(21-46)50-25/h1-3,5-9,18,24-26H,4,10-17,19-22H2,(H,41,48)(H,42,44,45)/b9-3+/t24-,25?,26?,37+/m1/s1. The molecule has 2 aromatic heterocycles. The molecule has 0 radical (unpaired) electrons. The van der Waals surface area contributed by atoms with Crippen LogP contribution in [0.5, 0.6) is 6.01 Å². The molecule has 2 N–H and O–H groups in total. The molecule has 4 fully saturated rings. The molecule has 262 valence electrons. The van der Waals surface area contributed by atoms with Gasteiger partial charge in [-0.2, -0.15) is 9.97 Å². The van der Waals surface area contributed by atoms with Crippen LogP contribution in [0.2, 0.25) is 0 Å². The molecule has 1 amide bonds. The average Bonchev–Trinajstić information content (AvgIpc) is 3.76. The highest BCUT2D eigenvalue weighted by molar-refractivity contribution is 5.99. The van der Waals surface area contributed by atoms with Crippen molar-refractivity contribution < 1.29 is 27.4 Å². The Morgan fingerprint density at radius 3 is 2.74 bits per heavy atom. The van der Waals surface area contributed by atoms with E-state index in [-0.39, 0.29) is 54.0 Å². The van der Waals surface area contributed by atoms with Crippen LogP contribution in [-0.4, -0.2) is 107 Å². The van der Waals surface area contributed by atoms with Crippen molar-refractivity contribution >= 4 is 33.4 Å². The minimum Gasteiger partial charge on any atom is -0.461 e. The first kappa shape index (κ1) is 32.9. The lowest BCUT2D eigenvalue weighted by Crippen LogP contribution is -2.43. The lowest BCUT2D eigenvalue weighted by molar-refractivity contribution is -0.116. The van der Waals surface area contributed by atoms with Crippen LogP contribution < -0.4 is 15.4 Å². The van der Waals surface area contributed by atoms with Crippen LogP contribution in [0.15, 0.2) is 54.7 Å². The molecule has 2 bridgehead atoms. The van der Waals surface area contributed by atoms with Gasteiger partial charge in [0.1, 0.15) is 35.6 Å². The summed E-state index contributed by atoms with van der Waals surface area (Å²) in [5.41, 5.74) is -0.251. The van der Waals surface area contributed by atoms with Crippen LogP contribution in [0.25, 0.3) is 32.9 Å². The van der Waals surface area contributed by atoms with Crippen LogP contribution in [-0.2, 0) is 9.53 Å². The van der Waals surface area contributed by atoms with Gasteiger partial charge in [-0.05, 0) is 43.7 Å². The number of hydrogen-bond donors (Lipinski definition) is 2. The molecule has 0 spiro atoms. The minimum absolute atomic E-state index is 0.0464. The van der Waals surface area contributed by atoms with Crippen molar-refractivity contribution in [2.24, 2.45) is 0 Å². The second-order valence-corrected chi connectivity index (χ2v) is 13.8. The number of halogens is 3. The molecular formula is C37H40F3N7O3. The van der Waals surface area contributed by atoms with Crippen molar-refractivity contribution in [3.8, 4) is 17.3 Å². The number of fused-ring (bicyclic) bond motifs is 5. The number of nitrogens with one attached hydrogen (secondary N) is 2. The Morgan fingerprint density at radius 1 is 1.08 bits per heavy atom. The number of pyridine rings is 1. The van der Waals surface area contributed by atoms with E-state index in [2.05, 4.69) is 35.4 Å². The van der Waals surface area contributed by atoms with Crippen LogP contribution in [0.4, 0.5) is 19.0 Å². The highest BCUT2D eigenvalue weighted by atomic mass is 19.1. The number of ether oxygens (including phenoxy) is 2. The number of carbonyl (C=O) groups is 1. The van der Waals surface area contributed by atoms with Crippen molar-refractivity contribution in [1.82, 2.24) is 30.1 Å². The third-order valence-corrected chi connectivity index (χ3v) is 10.5. The normalized spacial score (nSPS) is 25.1. The zero-order chi connectivity index (χ0) is 34.2. The predicted molar refractivity (Wildman–Crippen MR) is 184 cm³/mol. The Bertz CT molecular complexity index is 1930. The summed E-state index contributed by atoms with van der Waals surface area (Å²) in [5, 5.41) is 7.23. The minimum atomic E-state index is -0.930. The van der Waals surface area contributed by atoms with Gasteiger partial charge in [0.2, 0.25) is 5.91 Å².